The molecule has 0 bridgehead atoms. The summed E-state index contributed by atoms with van der Waals surface area (Å²) in [5.41, 5.74) is 3.37. The molecule has 1 unspecified atom stereocenters. The van der Waals surface area contributed by atoms with Gasteiger partial charge in [-0.3, -0.25) is 14.6 Å². The van der Waals surface area contributed by atoms with Crippen LogP contribution in [0, 0.1) is 18.3 Å². The van der Waals surface area contributed by atoms with Gasteiger partial charge in [0, 0.05) is 45.5 Å². The van der Waals surface area contributed by atoms with Crippen molar-refractivity contribution in [3.63, 3.8) is 0 Å². The second-order valence-corrected chi connectivity index (χ2v) is 8.11. The summed E-state index contributed by atoms with van der Waals surface area (Å²) < 4.78 is 5.49. The first-order valence-electron chi connectivity index (χ1n) is 11.0. The predicted molar refractivity (Wildman–Crippen MR) is 129 cm³/mol. The molecule has 1 N–H and O–H groups in total. The molecular formula is C27H29N2O3. The van der Waals surface area contributed by atoms with Gasteiger partial charge in [-0.1, -0.05) is 30.2 Å². The molecule has 1 aliphatic rings. The SMILES string of the molecule is C#Cc1ccc2cc(-c3ccc(C(=O)NCCC4CCCOCC4)nc3)ccc2c1C=O.[HH].[H]. The Morgan fingerprint density at radius 2 is 2.09 bits per heavy atom. The van der Waals surface area contributed by atoms with E-state index in [2.05, 4.69) is 16.2 Å². The number of pyridine rings is 1. The van der Waals surface area contributed by atoms with E-state index < -0.39 is 0 Å². The molecule has 1 fully saturated rings. The van der Waals surface area contributed by atoms with Crippen molar-refractivity contribution in [1.82, 2.24) is 10.3 Å². The van der Waals surface area contributed by atoms with Gasteiger partial charge in [0.25, 0.3) is 5.91 Å². The maximum Gasteiger partial charge on any atom is 0.269 e. The van der Waals surface area contributed by atoms with E-state index in [1.165, 1.54) is 0 Å². The number of benzene rings is 2. The zero-order valence-electron chi connectivity index (χ0n) is 19.0. The fraction of sp³-hybridized carbons (Fsp3) is 0.296. The van der Waals surface area contributed by atoms with E-state index in [9.17, 15) is 9.59 Å². The van der Waals surface area contributed by atoms with Crippen LogP contribution in [-0.4, -0.2) is 36.9 Å². The molecule has 0 spiro atoms. The number of carbonyl (C=O) groups is 2. The van der Waals surface area contributed by atoms with Crippen LogP contribution in [0.15, 0.2) is 48.7 Å². The molecule has 3 aromatic rings. The van der Waals surface area contributed by atoms with Crippen LogP contribution in [0.25, 0.3) is 21.9 Å². The summed E-state index contributed by atoms with van der Waals surface area (Å²) in [5.74, 6) is 3.01. The van der Waals surface area contributed by atoms with Crippen LogP contribution in [0.3, 0.4) is 0 Å². The standard InChI is InChI=1S/C27H26N2O3.H2.H/c1-2-20-5-6-22-16-21(7-9-24(22)25(20)18-30)23-8-10-26(29-17-23)27(31)28-13-11-19-4-3-14-32-15-12-19;;/h1,5-10,16-19H,3-4,11-15H2,(H,28,31);1H;. The van der Waals surface area contributed by atoms with E-state index in [0.29, 0.717) is 29.3 Å². The molecule has 1 aromatic heterocycles. The first-order chi connectivity index (χ1) is 15.7. The molecule has 2 aromatic carbocycles. The fourth-order valence-corrected chi connectivity index (χ4v) is 4.22. The highest BCUT2D eigenvalue weighted by Crippen LogP contribution is 2.27. The molecule has 4 rings (SSSR count). The van der Waals surface area contributed by atoms with E-state index >= 15 is 0 Å². The van der Waals surface area contributed by atoms with Crippen molar-refractivity contribution < 1.29 is 17.2 Å². The second-order valence-electron chi connectivity index (χ2n) is 8.11. The summed E-state index contributed by atoms with van der Waals surface area (Å²) in [4.78, 5) is 28.3. The Kier molecular flexibility index (Phi) is 6.94. The number of terminal acetylenes is 1. The number of nitrogens with zero attached hydrogens (tertiary/aromatic N) is 1. The number of aromatic nitrogens is 1. The summed E-state index contributed by atoms with van der Waals surface area (Å²) >= 11 is 0. The monoisotopic (exact) mass is 429 g/mol. The van der Waals surface area contributed by atoms with Crippen LogP contribution >= 0.6 is 0 Å². The number of fused-ring (bicyclic) bond motifs is 1. The third-order valence-electron chi connectivity index (χ3n) is 6.07. The minimum Gasteiger partial charge on any atom is -0.381 e. The molecule has 1 amide bonds. The van der Waals surface area contributed by atoms with E-state index in [0.717, 1.165) is 67.1 Å². The zero-order chi connectivity index (χ0) is 22.3. The van der Waals surface area contributed by atoms with Crippen LogP contribution in [0.4, 0.5) is 0 Å². The molecular weight excluding hydrogens is 400 g/mol. The third kappa shape index (κ3) is 4.87. The van der Waals surface area contributed by atoms with Crippen molar-refractivity contribution in [2.45, 2.75) is 25.7 Å². The van der Waals surface area contributed by atoms with Crippen molar-refractivity contribution in [2.24, 2.45) is 5.92 Å². The number of hydrogen-bond acceptors (Lipinski definition) is 4. The smallest absolute Gasteiger partial charge is 0.269 e. The quantitative estimate of drug-likeness (QED) is 0.443. The number of nitrogens with one attached hydrogen (secondary N) is 1. The van der Waals surface area contributed by atoms with Gasteiger partial charge in [-0.15, -0.1) is 6.42 Å². The minimum atomic E-state index is -0.155. The van der Waals surface area contributed by atoms with Gasteiger partial charge in [-0.05, 0) is 66.1 Å². The number of amides is 1. The molecule has 32 heavy (non-hydrogen) atoms. The summed E-state index contributed by atoms with van der Waals surface area (Å²) in [5, 5.41) is 4.73. The van der Waals surface area contributed by atoms with Gasteiger partial charge < -0.3 is 10.1 Å². The van der Waals surface area contributed by atoms with E-state index in [1.807, 2.05) is 30.3 Å². The molecule has 1 atom stereocenters. The molecule has 0 aliphatic carbocycles. The average Bonchev–Trinajstić information content (AvgIpc) is 3.11. The van der Waals surface area contributed by atoms with Gasteiger partial charge in [0.1, 0.15) is 5.69 Å². The third-order valence-corrected chi connectivity index (χ3v) is 6.07. The van der Waals surface area contributed by atoms with Crippen LogP contribution in [0.5, 0.6) is 0 Å². The second kappa shape index (κ2) is 10.2. The summed E-state index contributed by atoms with van der Waals surface area (Å²) in [7, 11) is 0. The summed E-state index contributed by atoms with van der Waals surface area (Å²) in [6.45, 7) is 2.31. The fourth-order valence-electron chi connectivity index (χ4n) is 4.22. The maximum atomic E-state index is 12.5. The Bertz CT molecular complexity index is 1160. The first-order valence-corrected chi connectivity index (χ1v) is 11.0. The predicted octanol–water partition coefficient (Wildman–Crippen LogP) is 4.99. The summed E-state index contributed by atoms with van der Waals surface area (Å²) in [6.07, 6.45) is 12.3. The van der Waals surface area contributed by atoms with E-state index in [1.54, 1.807) is 18.3 Å². The zero-order valence-corrected chi connectivity index (χ0v) is 18.0. The molecule has 1 radical (unpaired) electrons. The highest BCUT2D eigenvalue weighted by molar-refractivity contribution is 6.02. The molecule has 5 heteroatoms. The number of rotatable bonds is 6. The van der Waals surface area contributed by atoms with Crippen molar-refractivity contribution in [3.05, 3.63) is 65.5 Å². The van der Waals surface area contributed by atoms with Crippen molar-refractivity contribution >= 4 is 23.0 Å². The lowest BCUT2D eigenvalue weighted by atomic mass is 9.96. The number of hydrogen-bond donors (Lipinski definition) is 1. The van der Waals surface area contributed by atoms with Gasteiger partial charge in [-0.25, -0.2) is 0 Å². The van der Waals surface area contributed by atoms with Gasteiger partial charge in [-0.2, -0.15) is 0 Å². The van der Waals surface area contributed by atoms with Crippen molar-refractivity contribution in [2.75, 3.05) is 19.8 Å². The van der Waals surface area contributed by atoms with Crippen LogP contribution in [0.2, 0.25) is 0 Å². The lowest BCUT2D eigenvalue weighted by Gasteiger charge is -2.13. The van der Waals surface area contributed by atoms with Gasteiger partial charge in [0.05, 0.1) is 0 Å². The summed E-state index contributed by atoms with van der Waals surface area (Å²) in [6, 6.07) is 13.2. The number of ether oxygens (including phenoxy) is 1. The van der Waals surface area contributed by atoms with Crippen LogP contribution in [-0.2, 0) is 4.74 Å². The first kappa shape index (κ1) is 21.7. The van der Waals surface area contributed by atoms with Gasteiger partial charge in [0.2, 0.25) is 0 Å². The molecule has 2 heterocycles. The molecule has 165 valence electrons. The molecule has 1 aliphatic heterocycles. The Labute approximate surface area is 191 Å². The number of carbonyl (C=O) groups excluding carboxylic acids is 2. The highest BCUT2D eigenvalue weighted by atomic mass is 16.5. The van der Waals surface area contributed by atoms with Gasteiger partial charge in [0.15, 0.2) is 6.29 Å². The Morgan fingerprint density at radius 3 is 2.88 bits per heavy atom. The van der Waals surface area contributed by atoms with Crippen LogP contribution < -0.4 is 5.32 Å². The normalized spacial score (nSPS) is 16.2. The largest absolute Gasteiger partial charge is 0.381 e. The lowest BCUT2D eigenvalue weighted by molar-refractivity contribution is 0.0945. The van der Waals surface area contributed by atoms with Crippen molar-refractivity contribution in [1.29, 1.82) is 0 Å². The maximum absolute atomic E-state index is 12.5. The van der Waals surface area contributed by atoms with Crippen molar-refractivity contribution in [3.8, 4) is 23.5 Å². The topological polar surface area (TPSA) is 68.3 Å². The average molecular weight is 430 g/mol. The molecule has 5 nitrogen and oxygen atoms in total. The lowest BCUT2D eigenvalue weighted by Crippen LogP contribution is -2.26. The molecule has 0 saturated carbocycles. The molecule has 1 saturated heterocycles. The van der Waals surface area contributed by atoms with Crippen LogP contribution in [0.1, 0.15) is 54.9 Å². The number of aldehydes is 1. The Balaban J connectivity index is 0.00000204. The Morgan fingerprint density at radius 1 is 1.22 bits per heavy atom. The van der Waals surface area contributed by atoms with Gasteiger partial charge >= 0.3 is 0 Å². The minimum absolute atomic E-state index is 0. The van der Waals surface area contributed by atoms with E-state index in [-0.39, 0.29) is 8.76 Å². The Hall–Kier alpha value is -3.49. The highest BCUT2D eigenvalue weighted by Gasteiger charge is 2.14. The van der Waals surface area contributed by atoms with E-state index in [4.69, 9.17) is 11.2 Å².